The lowest BCUT2D eigenvalue weighted by atomic mass is 10.0. The monoisotopic (exact) mass is 424 g/mol. The minimum atomic E-state index is -0.0176. The molecule has 0 atom stereocenters. The zero-order valence-corrected chi connectivity index (χ0v) is 18.4. The number of likely N-dealkylation sites (tertiary alicyclic amines) is 1. The molecule has 2 aromatic carbocycles. The molecule has 32 heavy (non-hydrogen) atoms. The first-order chi connectivity index (χ1) is 15.7. The predicted octanol–water partition coefficient (Wildman–Crippen LogP) is 4.63. The molecule has 5 rings (SSSR count). The van der Waals surface area contributed by atoms with E-state index in [9.17, 15) is 4.79 Å². The molecule has 162 valence electrons. The fourth-order valence-electron chi connectivity index (χ4n) is 4.52. The van der Waals surface area contributed by atoms with Crippen LogP contribution in [0.25, 0.3) is 22.2 Å². The third kappa shape index (κ3) is 4.43. The quantitative estimate of drug-likeness (QED) is 0.508. The molecular weight excluding hydrogens is 396 g/mol. The largest absolute Gasteiger partial charge is 0.351 e. The number of amides is 1. The van der Waals surface area contributed by atoms with Crippen molar-refractivity contribution in [3.8, 4) is 11.3 Å². The van der Waals surface area contributed by atoms with Gasteiger partial charge in [-0.3, -0.25) is 14.7 Å². The molecule has 0 radical (unpaired) electrons. The summed E-state index contributed by atoms with van der Waals surface area (Å²) < 4.78 is 2.10. The number of nitrogens with one attached hydrogen (secondary N) is 1. The first kappa shape index (κ1) is 20.5. The van der Waals surface area contributed by atoms with Gasteiger partial charge in [0, 0.05) is 67.1 Å². The number of benzene rings is 2. The lowest BCUT2D eigenvalue weighted by Crippen LogP contribution is -2.44. The van der Waals surface area contributed by atoms with Gasteiger partial charge in [0.25, 0.3) is 5.91 Å². The van der Waals surface area contributed by atoms with E-state index < -0.39 is 0 Å². The summed E-state index contributed by atoms with van der Waals surface area (Å²) in [5.41, 5.74) is 5.03. The lowest BCUT2D eigenvalue weighted by Gasteiger charge is -2.32. The average molecular weight is 425 g/mol. The highest BCUT2D eigenvalue weighted by Crippen LogP contribution is 2.24. The van der Waals surface area contributed by atoms with Crippen molar-refractivity contribution in [2.75, 3.05) is 13.1 Å². The topological polar surface area (TPSA) is 50.2 Å². The van der Waals surface area contributed by atoms with E-state index in [2.05, 4.69) is 80.6 Å². The second-order valence-electron chi connectivity index (χ2n) is 8.64. The number of hydrogen-bond acceptors (Lipinski definition) is 3. The summed E-state index contributed by atoms with van der Waals surface area (Å²) in [4.78, 5) is 19.9. The van der Waals surface area contributed by atoms with Gasteiger partial charge in [-0.1, -0.05) is 36.4 Å². The van der Waals surface area contributed by atoms with E-state index in [1.54, 1.807) is 12.3 Å². The second-order valence-corrected chi connectivity index (χ2v) is 8.64. The van der Waals surface area contributed by atoms with Crippen LogP contribution in [0.3, 0.4) is 0 Å². The van der Waals surface area contributed by atoms with E-state index >= 15 is 0 Å². The van der Waals surface area contributed by atoms with Gasteiger partial charge in [0.2, 0.25) is 0 Å². The standard InChI is InChI=1S/C27H28N4O/c1-30-14-10-22-17-21(7-8-26(22)30)25-18-23(9-13-28-25)27(32)29-24-11-15-31(16-12-24)19-20-5-3-2-4-6-20/h2-10,13-14,17-18,24H,11-12,15-16,19H2,1H3,(H,29,32). The minimum absolute atomic E-state index is 0.0176. The van der Waals surface area contributed by atoms with Crippen molar-refractivity contribution in [2.24, 2.45) is 7.05 Å². The first-order valence-electron chi connectivity index (χ1n) is 11.2. The molecular formula is C27H28N4O. The van der Waals surface area contributed by atoms with Gasteiger partial charge in [-0.25, -0.2) is 0 Å². The smallest absolute Gasteiger partial charge is 0.251 e. The number of aryl methyl sites for hydroxylation is 1. The number of aromatic nitrogens is 2. The number of rotatable bonds is 5. The highest BCUT2D eigenvalue weighted by Gasteiger charge is 2.21. The van der Waals surface area contributed by atoms with Gasteiger partial charge in [-0.15, -0.1) is 0 Å². The van der Waals surface area contributed by atoms with E-state index in [4.69, 9.17) is 0 Å². The second kappa shape index (κ2) is 8.97. The lowest BCUT2D eigenvalue weighted by molar-refractivity contribution is 0.0909. The molecule has 2 aromatic heterocycles. The summed E-state index contributed by atoms with van der Waals surface area (Å²) in [6.45, 7) is 2.97. The Morgan fingerprint density at radius 3 is 2.66 bits per heavy atom. The molecule has 4 aromatic rings. The molecule has 5 nitrogen and oxygen atoms in total. The van der Waals surface area contributed by atoms with Crippen LogP contribution in [0.15, 0.2) is 79.1 Å². The Balaban J connectivity index is 1.21. The van der Waals surface area contributed by atoms with Gasteiger partial charge in [0.15, 0.2) is 0 Å². The Morgan fingerprint density at radius 1 is 1.03 bits per heavy atom. The van der Waals surface area contributed by atoms with Crippen LogP contribution in [0.5, 0.6) is 0 Å². The van der Waals surface area contributed by atoms with Crippen molar-refractivity contribution in [1.29, 1.82) is 0 Å². The number of carbonyl (C=O) groups excluding carboxylic acids is 1. The zero-order valence-electron chi connectivity index (χ0n) is 18.4. The van der Waals surface area contributed by atoms with Crippen molar-refractivity contribution in [2.45, 2.75) is 25.4 Å². The number of carbonyl (C=O) groups is 1. The third-order valence-electron chi connectivity index (χ3n) is 6.37. The maximum Gasteiger partial charge on any atom is 0.251 e. The van der Waals surface area contributed by atoms with E-state index in [1.165, 1.54) is 16.5 Å². The summed E-state index contributed by atoms with van der Waals surface area (Å²) in [6.07, 6.45) is 5.72. The molecule has 1 saturated heterocycles. The third-order valence-corrected chi connectivity index (χ3v) is 6.37. The maximum absolute atomic E-state index is 12.9. The Hall–Kier alpha value is -3.44. The van der Waals surface area contributed by atoms with Crippen LogP contribution in [0.2, 0.25) is 0 Å². The summed E-state index contributed by atoms with van der Waals surface area (Å²) >= 11 is 0. The Kier molecular flexibility index (Phi) is 5.73. The number of piperidine rings is 1. The normalized spacial score (nSPS) is 15.2. The van der Waals surface area contributed by atoms with Crippen LogP contribution >= 0.6 is 0 Å². The van der Waals surface area contributed by atoms with Crippen LogP contribution in [0.4, 0.5) is 0 Å². The van der Waals surface area contributed by atoms with Gasteiger partial charge >= 0.3 is 0 Å². The van der Waals surface area contributed by atoms with E-state index in [1.807, 2.05) is 13.1 Å². The number of nitrogens with zero attached hydrogens (tertiary/aromatic N) is 3. The summed E-state index contributed by atoms with van der Waals surface area (Å²) in [7, 11) is 2.04. The Labute approximate surface area is 188 Å². The number of hydrogen-bond donors (Lipinski definition) is 1. The van der Waals surface area contributed by atoms with Crippen molar-refractivity contribution in [1.82, 2.24) is 19.8 Å². The van der Waals surface area contributed by atoms with E-state index in [0.29, 0.717) is 5.56 Å². The minimum Gasteiger partial charge on any atom is -0.351 e. The SMILES string of the molecule is Cn1ccc2cc(-c3cc(C(=O)NC4CCN(Cc5ccccc5)CC4)ccn3)ccc21. The highest BCUT2D eigenvalue weighted by molar-refractivity contribution is 5.95. The van der Waals surface area contributed by atoms with Crippen molar-refractivity contribution in [3.63, 3.8) is 0 Å². The molecule has 5 heteroatoms. The van der Waals surface area contributed by atoms with Crippen molar-refractivity contribution >= 4 is 16.8 Å². The van der Waals surface area contributed by atoms with Crippen LogP contribution in [-0.4, -0.2) is 39.5 Å². The van der Waals surface area contributed by atoms with Gasteiger partial charge in [-0.2, -0.15) is 0 Å². The maximum atomic E-state index is 12.9. The summed E-state index contributed by atoms with van der Waals surface area (Å²) in [5, 5.41) is 4.40. The van der Waals surface area contributed by atoms with Gasteiger partial charge < -0.3 is 9.88 Å². The fourth-order valence-corrected chi connectivity index (χ4v) is 4.52. The average Bonchev–Trinajstić information content (AvgIpc) is 3.21. The molecule has 1 aliphatic heterocycles. The molecule has 0 aliphatic carbocycles. The van der Waals surface area contributed by atoms with Gasteiger partial charge in [-0.05, 0) is 48.7 Å². The molecule has 1 amide bonds. The summed E-state index contributed by atoms with van der Waals surface area (Å²) in [5.74, 6) is -0.0176. The molecule has 0 unspecified atom stereocenters. The highest BCUT2D eigenvalue weighted by atomic mass is 16.1. The van der Waals surface area contributed by atoms with Crippen LogP contribution in [-0.2, 0) is 13.6 Å². The van der Waals surface area contributed by atoms with E-state index in [0.717, 1.165) is 43.7 Å². The molecule has 1 aliphatic rings. The van der Waals surface area contributed by atoms with Crippen LogP contribution < -0.4 is 5.32 Å². The fraction of sp³-hybridized carbons (Fsp3) is 0.259. The van der Waals surface area contributed by atoms with Gasteiger partial charge in [0.1, 0.15) is 0 Å². The van der Waals surface area contributed by atoms with Crippen LogP contribution in [0, 0.1) is 0 Å². The number of fused-ring (bicyclic) bond motifs is 1. The molecule has 3 heterocycles. The molecule has 0 saturated carbocycles. The zero-order chi connectivity index (χ0) is 21.9. The van der Waals surface area contributed by atoms with Crippen molar-refractivity contribution in [3.05, 3.63) is 90.3 Å². The summed E-state index contributed by atoms with van der Waals surface area (Å²) in [6, 6.07) is 22.9. The first-order valence-corrected chi connectivity index (χ1v) is 11.2. The predicted molar refractivity (Wildman–Crippen MR) is 128 cm³/mol. The molecule has 0 bridgehead atoms. The Bertz CT molecular complexity index is 1220. The molecule has 1 N–H and O–H groups in total. The Morgan fingerprint density at radius 2 is 1.84 bits per heavy atom. The molecule has 1 fully saturated rings. The van der Waals surface area contributed by atoms with Crippen molar-refractivity contribution < 1.29 is 4.79 Å². The van der Waals surface area contributed by atoms with Crippen LogP contribution in [0.1, 0.15) is 28.8 Å². The van der Waals surface area contributed by atoms with Gasteiger partial charge in [0.05, 0.1) is 5.69 Å². The van der Waals surface area contributed by atoms with E-state index in [-0.39, 0.29) is 11.9 Å². The molecule has 0 spiro atoms. The number of pyridine rings is 1.